The largest absolute Gasteiger partial charge is 0.426 e. The van der Waals surface area contributed by atoms with Gasteiger partial charge >= 0.3 is 11.9 Å². The van der Waals surface area contributed by atoms with Crippen molar-refractivity contribution in [3.05, 3.63) is 11.6 Å². The van der Waals surface area contributed by atoms with Crippen LogP contribution in [-0.2, 0) is 19.1 Å². The molecule has 0 amide bonds. The summed E-state index contributed by atoms with van der Waals surface area (Å²) in [5.74, 6) is -0.949. The van der Waals surface area contributed by atoms with Gasteiger partial charge < -0.3 is 9.47 Å². The maximum Gasteiger partial charge on any atom is 0.336 e. The SMILES string of the molecule is C/C=C(\C)C(=O)OC(C)OC(C)=O. The average molecular weight is 186 g/mol. The fraction of sp³-hybridized carbons (Fsp3) is 0.556. The molecular formula is C9H14O4. The Hall–Kier alpha value is -1.32. The zero-order chi connectivity index (χ0) is 10.4. The summed E-state index contributed by atoms with van der Waals surface area (Å²) < 4.78 is 9.37. The van der Waals surface area contributed by atoms with Crippen LogP contribution in [0.2, 0.25) is 0 Å². The zero-order valence-corrected chi connectivity index (χ0v) is 8.29. The quantitative estimate of drug-likeness (QED) is 0.380. The van der Waals surface area contributed by atoms with Crippen LogP contribution in [0.4, 0.5) is 0 Å². The summed E-state index contributed by atoms with van der Waals surface area (Å²) in [7, 11) is 0. The third-order valence-corrected chi connectivity index (χ3v) is 1.36. The van der Waals surface area contributed by atoms with Crippen LogP contribution in [0.15, 0.2) is 11.6 Å². The topological polar surface area (TPSA) is 52.6 Å². The summed E-state index contributed by atoms with van der Waals surface area (Å²) in [6, 6.07) is 0. The maximum absolute atomic E-state index is 11.1. The Labute approximate surface area is 77.5 Å². The number of carbonyl (C=O) groups is 2. The van der Waals surface area contributed by atoms with Crippen LogP contribution in [0.5, 0.6) is 0 Å². The normalized spacial score (nSPS) is 13.4. The molecule has 0 aromatic heterocycles. The van der Waals surface area contributed by atoms with Crippen molar-refractivity contribution in [2.45, 2.75) is 34.0 Å². The lowest BCUT2D eigenvalue weighted by molar-refractivity contribution is -0.179. The van der Waals surface area contributed by atoms with E-state index in [-0.39, 0.29) is 0 Å². The van der Waals surface area contributed by atoms with Crippen LogP contribution in [0.3, 0.4) is 0 Å². The molecule has 0 heterocycles. The number of ether oxygens (including phenoxy) is 2. The van der Waals surface area contributed by atoms with Gasteiger partial charge in [0.1, 0.15) is 0 Å². The molecule has 0 bridgehead atoms. The summed E-state index contributed by atoms with van der Waals surface area (Å²) in [5.41, 5.74) is 0.485. The van der Waals surface area contributed by atoms with Gasteiger partial charge in [-0.3, -0.25) is 4.79 Å². The van der Waals surface area contributed by atoms with Gasteiger partial charge in [-0.05, 0) is 13.8 Å². The van der Waals surface area contributed by atoms with Crippen LogP contribution >= 0.6 is 0 Å². The molecule has 1 atom stereocenters. The number of allylic oxidation sites excluding steroid dienone is 1. The molecule has 74 valence electrons. The minimum atomic E-state index is -0.833. The molecule has 0 spiro atoms. The Balaban J connectivity index is 3.99. The van der Waals surface area contributed by atoms with Crippen molar-refractivity contribution in [1.82, 2.24) is 0 Å². The van der Waals surface area contributed by atoms with E-state index in [0.717, 1.165) is 0 Å². The van der Waals surface area contributed by atoms with Gasteiger partial charge in [0.15, 0.2) is 0 Å². The van der Waals surface area contributed by atoms with Crippen LogP contribution < -0.4 is 0 Å². The van der Waals surface area contributed by atoms with Crippen LogP contribution in [-0.4, -0.2) is 18.2 Å². The van der Waals surface area contributed by atoms with Crippen molar-refractivity contribution in [1.29, 1.82) is 0 Å². The second-order valence-corrected chi connectivity index (χ2v) is 2.55. The molecule has 0 saturated carbocycles. The van der Waals surface area contributed by atoms with Crippen molar-refractivity contribution in [2.75, 3.05) is 0 Å². The van der Waals surface area contributed by atoms with E-state index in [1.165, 1.54) is 13.8 Å². The smallest absolute Gasteiger partial charge is 0.336 e. The first-order chi connectivity index (χ1) is 5.97. The van der Waals surface area contributed by atoms with Gasteiger partial charge in [-0.15, -0.1) is 0 Å². The summed E-state index contributed by atoms with van der Waals surface area (Å²) in [6.45, 7) is 6.10. The zero-order valence-electron chi connectivity index (χ0n) is 8.29. The minimum absolute atomic E-state index is 0.474. The molecule has 4 nitrogen and oxygen atoms in total. The Kier molecular flexibility index (Phi) is 4.80. The minimum Gasteiger partial charge on any atom is -0.426 e. The molecule has 4 heteroatoms. The number of esters is 2. The Morgan fingerprint density at radius 3 is 2.15 bits per heavy atom. The lowest BCUT2D eigenvalue weighted by atomic mass is 10.3. The number of hydrogen-bond acceptors (Lipinski definition) is 4. The van der Waals surface area contributed by atoms with E-state index in [2.05, 4.69) is 4.74 Å². The third-order valence-electron chi connectivity index (χ3n) is 1.36. The second kappa shape index (κ2) is 5.35. The van der Waals surface area contributed by atoms with Gasteiger partial charge in [-0.25, -0.2) is 4.79 Å². The van der Waals surface area contributed by atoms with Crippen molar-refractivity contribution in [3.8, 4) is 0 Å². The molecule has 0 aliphatic carbocycles. The van der Waals surface area contributed by atoms with Crippen molar-refractivity contribution < 1.29 is 19.1 Å². The van der Waals surface area contributed by atoms with Gasteiger partial charge in [-0.2, -0.15) is 0 Å². The first kappa shape index (κ1) is 11.7. The standard InChI is InChI=1S/C9H14O4/c1-5-6(2)9(11)13-8(4)12-7(3)10/h5,8H,1-4H3/b6-5+. The molecule has 1 unspecified atom stereocenters. The molecule has 0 rings (SSSR count). The highest BCUT2D eigenvalue weighted by atomic mass is 16.7. The highest BCUT2D eigenvalue weighted by molar-refractivity contribution is 5.87. The summed E-state index contributed by atoms with van der Waals surface area (Å²) in [4.78, 5) is 21.5. The number of carbonyl (C=O) groups excluding carboxylic acids is 2. The van der Waals surface area contributed by atoms with Gasteiger partial charge in [0.25, 0.3) is 0 Å². The van der Waals surface area contributed by atoms with Gasteiger partial charge in [0.2, 0.25) is 6.29 Å². The maximum atomic E-state index is 11.1. The van der Waals surface area contributed by atoms with E-state index in [9.17, 15) is 9.59 Å². The lowest BCUT2D eigenvalue weighted by Gasteiger charge is -2.12. The molecular weight excluding hydrogens is 172 g/mol. The summed E-state index contributed by atoms with van der Waals surface area (Å²) in [6.07, 6.45) is 0.794. The Morgan fingerprint density at radius 1 is 1.23 bits per heavy atom. The lowest BCUT2D eigenvalue weighted by Crippen LogP contribution is -2.20. The summed E-state index contributed by atoms with van der Waals surface area (Å²) in [5, 5.41) is 0. The second-order valence-electron chi connectivity index (χ2n) is 2.55. The van der Waals surface area contributed by atoms with Crippen molar-refractivity contribution in [2.24, 2.45) is 0 Å². The average Bonchev–Trinajstić information content (AvgIpc) is 2.01. The molecule has 0 radical (unpaired) electrons. The van der Waals surface area contributed by atoms with Gasteiger partial charge in [0.05, 0.1) is 0 Å². The molecule has 0 aromatic carbocycles. The first-order valence-electron chi connectivity index (χ1n) is 3.98. The first-order valence-corrected chi connectivity index (χ1v) is 3.98. The van der Waals surface area contributed by atoms with Crippen LogP contribution in [0.1, 0.15) is 27.7 Å². The Morgan fingerprint density at radius 2 is 1.77 bits per heavy atom. The predicted octanol–water partition coefficient (Wildman–Crippen LogP) is 1.40. The molecule has 0 aliphatic rings. The van der Waals surface area contributed by atoms with Crippen molar-refractivity contribution in [3.63, 3.8) is 0 Å². The summed E-state index contributed by atoms with van der Waals surface area (Å²) >= 11 is 0. The van der Waals surface area contributed by atoms with Crippen LogP contribution in [0, 0.1) is 0 Å². The molecule has 13 heavy (non-hydrogen) atoms. The van der Waals surface area contributed by atoms with Gasteiger partial charge in [-0.1, -0.05) is 6.08 Å². The van der Waals surface area contributed by atoms with Gasteiger partial charge in [0, 0.05) is 19.4 Å². The molecule has 0 fully saturated rings. The van der Waals surface area contributed by atoms with E-state index < -0.39 is 18.2 Å². The molecule has 0 aliphatic heterocycles. The van der Waals surface area contributed by atoms with E-state index in [1.54, 1.807) is 19.9 Å². The molecule has 0 saturated heterocycles. The van der Waals surface area contributed by atoms with Crippen LogP contribution in [0.25, 0.3) is 0 Å². The highest BCUT2D eigenvalue weighted by Gasteiger charge is 2.12. The molecule has 0 aromatic rings. The monoisotopic (exact) mass is 186 g/mol. The molecule has 0 N–H and O–H groups in total. The fourth-order valence-electron chi connectivity index (χ4n) is 0.619. The number of hydrogen-bond donors (Lipinski definition) is 0. The third kappa shape index (κ3) is 5.00. The van der Waals surface area contributed by atoms with E-state index in [0.29, 0.717) is 5.57 Å². The number of rotatable bonds is 3. The van der Waals surface area contributed by atoms with E-state index >= 15 is 0 Å². The fourth-order valence-corrected chi connectivity index (χ4v) is 0.619. The van der Waals surface area contributed by atoms with E-state index in [1.807, 2.05) is 0 Å². The van der Waals surface area contributed by atoms with E-state index in [4.69, 9.17) is 4.74 Å². The highest BCUT2D eigenvalue weighted by Crippen LogP contribution is 2.01. The Bertz CT molecular complexity index is 230. The predicted molar refractivity (Wildman–Crippen MR) is 46.8 cm³/mol. The van der Waals surface area contributed by atoms with Crippen molar-refractivity contribution >= 4 is 11.9 Å².